The summed E-state index contributed by atoms with van der Waals surface area (Å²) in [6, 6.07) is 3.62. The van der Waals surface area contributed by atoms with Crippen LogP contribution < -0.4 is 0 Å². The summed E-state index contributed by atoms with van der Waals surface area (Å²) >= 11 is 2.71. The number of thiazole rings is 1. The Kier molecular flexibility index (Phi) is 2.64. The van der Waals surface area contributed by atoms with E-state index in [1.807, 2.05) is 6.26 Å². The topological polar surface area (TPSA) is 12.9 Å². The number of benzene rings is 1. The third-order valence-corrected chi connectivity index (χ3v) is 3.87. The lowest BCUT2D eigenvalue weighted by Gasteiger charge is -2.04. The number of rotatable bonds is 1. The van der Waals surface area contributed by atoms with E-state index in [0.717, 1.165) is 16.5 Å². The quantitative estimate of drug-likeness (QED) is 0.707. The standard InChI is InChI=1S/C9H6F3NS2/c1-14-8-13-6-3-2-5(9(10,11)12)4-7(6)15-8/h2-4H,1H3. The van der Waals surface area contributed by atoms with Crippen molar-refractivity contribution in [3.8, 4) is 0 Å². The van der Waals surface area contributed by atoms with Gasteiger partial charge in [0.2, 0.25) is 0 Å². The van der Waals surface area contributed by atoms with Gasteiger partial charge in [0.25, 0.3) is 0 Å². The summed E-state index contributed by atoms with van der Waals surface area (Å²) in [6.07, 6.45) is -2.43. The lowest BCUT2D eigenvalue weighted by Crippen LogP contribution is -2.03. The fourth-order valence-corrected chi connectivity index (χ4v) is 2.70. The maximum atomic E-state index is 12.4. The smallest absolute Gasteiger partial charge is 0.230 e. The van der Waals surface area contributed by atoms with Crippen molar-refractivity contribution in [2.75, 3.05) is 6.26 Å². The molecule has 0 aliphatic carbocycles. The molecule has 0 saturated heterocycles. The van der Waals surface area contributed by atoms with Crippen LogP contribution in [0.2, 0.25) is 0 Å². The Labute approximate surface area is 92.3 Å². The molecule has 0 radical (unpaired) electrons. The lowest BCUT2D eigenvalue weighted by molar-refractivity contribution is -0.137. The van der Waals surface area contributed by atoms with Crippen molar-refractivity contribution in [2.45, 2.75) is 10.5 Å². The SMILES string of the molecule is CSc1nc2ccc(C(F)(F)F)cc2s1. The normalized spacial score (nSPS) is 12.3. The Bertz CT molecular complexity index is 490. The molecule has 1 aromatic carbocycles. The molecule has 0 unspecified atom stereocenters. The third-order valence-electron chi connectivity index (χ3n) is 1.87. The Morgan fingerprint density at radius 1 is 1.33 bits per heavy atom. The van der Waals surface area contributed by atoms with Crippen molar-refractivity contribution in [2.24, 2.45) is 0 Å². The fraction of sp³-hybridized carbons (Fsp3) is 0.222. The first kappa shape index (κ1) is 10.8. The molecule has 0 atom stereocenters. The third kappa shape index (κ3) is 2.10. The summed E-state index contributed by atoms with van der Waals surface area (Å²) in [4.78, 5) is 4.17. The van der Waals surface area contributed by atoms with Crippen LogP contribution in [0.25, 0.3) is 10.2 Å². The Morgan fingerprint density at radius 2 is 2.07 bits per heavy atom. The molecular formula is C9H6F3NS2. The van der Waals surface area contributed by atoms with Crippen molar-refractivity contribution < 1.29 is 13.2 Å². The second-order valence-electron chi connectivity index (χ2n) is 2.86. The van der Waals surface area contributed by atoms with Gasteiger partial charge in [-0.25, -0.2) is 4.98 Å². The van der Waals surface area contributed by atoms with Gasteiger partial charge in [0.05, 0.1) is 15.8 Å². The predicted octanol–water partition coefficient (Wildman–Crippen LogP) is 4.04. The van der Waals surface area contributed by atoms with E-state index in [9.17, 15) is 13.2 Å². The molecule has 1 heterocycles. The first-order valence-electron chi connectivity index (χ1n) is 4.02. The highest BCUT2D eigenvalue weighted by Crippen LogP contribution is 2.34. The summed E-state index contributed by atoms with van der Waals surface area (Å²) < 4.78 is 38.5. The van der Waals surface area contributed by atoms with Crippen LogP contribution in [0, 0.1) is 0 Å². The van der Waals surface area contributed by atoms with E-state index in [-0.39, 0.29) is 0 Å². The summed E-state index contributed by atoms with van der Waals surface area (Å²) in [6.45, 7) is 0. The van der Waals surface area contributed by atoms with E-state index < -0.39 is 11.7 Å². The second kappa shape index (κ2) is 3.68. The molecule has 0 spiro atoms. The summed E-state index contributed by atoms with van der Waals surface area (Å²) in [5.41, 5.74) is 0.00338. The number of hydrogen-bond donors (Lipinski definition) is 0. The van der Waals surface area contributed by atoms with Crippen LogP contribution in [-0.2, 0) is 6.18 Å². The average molecular weight is 249 g/mol. The number of alkyl halides is 3. The van der Waals surface area contributed by atoms with Gasteiger partial charge in [-0.2, -0.15) is 13.2 Å². The first-order chi connectivity index (χ1) is 7.00. The number of halogens is 3. The molecule has 0 aliphatic rings. The van der Waals surface area contributed by atoms with E-state index in [2.05, 4.69) is 4.98 Å². The maximum Gasteiger partial charge on any atom is 0.416 e. The zero-order valence-electron chi connectivity index (χ0n) is 7.63. The molecule has 0 bridgehead atoms. The van der Waals surface area contributed by atoms with E-state index in [1.165, 1.54) is 29.2 Å². The summed E-state index contributed by atoms with van der Waals surface area (Å²) in [7, 11) is 0. The molecule has 6 heteroatoms. The van der Waals surface area contributed by atoms with Crippen molar-refractivity contribution in [3.05, 3.63) is 23.8 Å². The highest BCUT2D eigenvalue weighted by atomic mass is 32.2. The summed E-state index contributed by atoms with van der Waals surface area (Å²) in [5, 5.41) is 0. The largest absolute Gasteiger partial charge is 0.416 e. The highest BCUT2D eigenvalue weighted by molar-refractivity contribution is 8.00. The number of nitrogens with zero attached hydrogens (tertiary/aromatic N) is 1. The van der Waals surface area contributed by atoms with Gasteiger partial charge >= 0.3 is 6.18 Å². The molecule has 15 heavy (non-hydrogen) atoms. The molecule has 0 amide bonds. The van der Waals surface area contributed by atoms with Gasteiger partial charge in [0.1, 0.15) is 0 Å². The number of hydrogen-bond acceptors (Lipinski definition) is 3. The molecule has 0 saturated carbocycles. The monoisotopic (exact) mass is 249 g/mol. The molecule has 1 nitrogen and oxygen atoms in total. The predicted molar refractivity (Wildman–Crippen MR) is 56.4 cm³/mol. The van der Waals surface area contributed by atoms with Crippen LogP contribution in [-0.4, -0.2) is 11.2 Å². The molecule has 2 rings (SSSR count). The minimum Gasteiger partial charge on any atom is -0.230 e. The van der Waals surface area contributed by atoms with Crippen molar-refractivity contribution >= 4 is 33.3 Å². The molecule has 2 aromatic rings. The van der Waals surface area contributed by atoms with E-state index in [1.54, 1.807) is 0 Å². The summed E-state index contributed by atoms with van der Waals surface area (Å²) in [5.74, 6) is 0. The Balaban J connectivity index is 2.55. The van der Waals surface area contributed by atoms with Gasteiger partial charge in [0.15, 0.2) is 4.34 Å². The number of thioether (sulfide) groups is 1. The van der Waals surface area contributed by atoms with Crippen LogP contribution in [0.15, 0.2) is 22.5 Å². The fourth-order valence-electron chi connectivity index (χ4n) is 1.17. The molecule has 0 aliphatic heterocycles. The number of aromatic nitrogens is 1. The van der Waals surface area contributed by atoms with Gasteiger partial charge < -0.3 is 0 Å². The van der Waals surface area contributed by atoms with Gasteiger partial charge in [0, 0.05) is 0 Å². The minimum atomic E-state index is -4.28. The second-order valence-corrected chi connectivity index (χ2v) is 4.95. The van der Waals surface area contributed by atoms with Gasteiger partial charge in [-0.05, 0) is 24.5 Å². The molecule has 80 valence electrons. The maximum absolute atomic E-state index is 12.4. The van der Waals surface area contributed by atoms with E-state index >= 15 is 0 Å². The number of fused-ring (bicyclic) bond motifs is 1. The van der Waals surface area contributed by atoms with Gasteiger partial charge in [-0.3, -0.25) is 0 Å². The van der Waals surface area contributed by atoms with Crippen LogP contribution >= 0.6 is 23.1 Å². The molecular weight excluding hydrogens is 243 g/mol. The van der Waals surface area contributed by atoms with E-state index in [4.69, 9.17) is 0 Å². The van der Waals surface area contributed by atoms with E-state index in [0.29, 0.717) is 10.2 Å². The molecule has 0 N–H and O–H groups in total. The van der Waals surface area contributed by atoms with Crippen molar-refractivity contribution in [3.63, 3.8) is 0 Å². The average Bonchev–Trinajstić information content (AvgIpc) is 2.57. The van der Waals surface area contributed by atoms with Gasteiger partial charge in [-0.1, -0.05) is 11.8 Å². The highest BCUT2D eigenvalue weighted by Gasteiger charge is 2.30. The zero-order chi connectivity index (χ0) is 11.1. The molecule has 1 aromatic heterocycles. The van der Waals surface area contributed by atoms with Gasteiger partial charge in [-0.15, -0.1) is 11.3 Å². The van der Waals surface area contributed by atoms with Crippen LogP contribution in [0.5, 0.6) is 0 Å². The lowest BCUT2D eigenvalue weighted by atomic mass is 10.2. The zero-order valence-corrected chi connectivity index (χ0v) is 9.26. The first-order valence-corrected chi connectivity index (χ1v) is 6.06. The van der Waals surface area contributed by atoms with Crippen molar-refractivity contribution in [1.82, 2.24) is 4.98 Å². The van der Waals surface area contributed by atoms with Crippen LogP contribution in [0.3, 0.4) is 0 Å². The molecule has 0 fully saturated rings. The van der Waals surface area contributed by atoms with Crippen LogP contribution in [0.1, 0.15) is 5.56 Å². The van der Waals surface area contributed by atoms with Crippen LogP contribution in [0.4, 0.5) is 13.2 Å². The van der Waals surface area contributed by atoms with Crippen molar-refractivity contribution in [1.29, 1.82) is 0 Å². The Morgan fingerprint density at radius 3 is 2.67 bits per heavy atom. The minimum absolute atomic E-state index is 0.578. The Hall–Kier alpha value is -0.750.